The minimum atomic E-state index is -0.961. The summed E-state index contributed by atoms with van der Waals surface area (Å²) in [6.45, 7) is 2.28. The van der Waals surface area contributed by atoms with Gasteiger partial charge in [-0.05, 0) is 26.3 Å². The summed E-state index contributed by atoms with van der Waals surface area (Å²) in [5.74, 6) is -1.37. The van der Waals surface area contributed by atoms with E-state index in [2.05, 4.69) is 4.90 Å². The van der Waals surface area contributed by atoms with Crippen molar-refractivity contribution in [3.8, 4) is 5.75 Å². The maximum atomic E-state index is 11.8. The second-order valence-electron chi connectivity index (χ2n) is 6.39. The molecule has 128 valence electrons. The van der Waals surface area contributed by atoms with Crippen molar-refractivity contribution in [3.05, 3.63) is 28.2 Å². The zero-order valence-electron chi connectivity index (χ0n) is 13.9. The fourth-order valence-corrected chi connectivity index (χ4v) is 3.39. The number of carbonyl (C=O) groups is 1. The Morgan fingerprint density at radius 3 is 2.61 bits per heavy atom. The van der Waals surface area contributed by atoms with Gasteiger partial charge in [-0.25, -0.2) is 4.79 Å². The average Bonchev–Trinajstić information content (AvgIpc) is 2.53. The molecule has 1 fully saturated rings. The smallest absolute Gasteiger partial charge is 0.326 e. The molecule has 0 bridgehead atoms. The monoisotopic (exact) mass is 322 g/mol. The number of aliphatic carboxylic acids is 1. The van der Waals surface area contributed by atoms with E-state index in [1.165, 1.54) is 36.1 Å². The lowest BCUT2D eigenvalue weighted by molar-refractivity contribution is -0.141. The van der Waals surface area contributed by atoms with Gasteiger partial charge >= 0.3 is 5.97 Å². The molecule has 1 aliphatic rings. The molecule has 0 saturated heterocycles. The number of pyridine rings is 1. The number of hydrogen-bond donors (Lipinski definition) is 2. The third kappa shape index (κ3) is 4.13. The van der Waals surface area contributed by atoms with E-state index < -0.39 is 23.2 Å². The highest BCUT2D eigenvalue weighted by Gasteiger charge is 2.23. The summed E-state index contributed by atoms with van der Waals surface area (Å²) in [6.07, 6.45) is 7.61. The standard InChI is InChI=1S/C17H26N2O4/c1-3-14(17(22)23)19-11-16(21)15(20)9-13(19)10-18(2)12-7-5-4-6-8-12/h9,11-12,14,21H,3-8,10H2,1-2H3,(H,22,23). The van der Waals surface area contributed by atoms with Crippen LogP contribution in [-0.4, -0.2) is 38.7 Å². The van der Waals surface area contributed by atoms with E-state index in [0.717, 1.165) is 12.8 Å². The van der Waals surface area contributed by atoms with Gasteiger partial charge in [0.1, 0.15) is 6.04 Å². The topological polar surface area (TPSA) is 82.8 Å². The van der Waals surface area contributed by atoms with Crippen LogP contribution in [0.25, 0.3) is 0 Å². The van der Waals surface area contributed by atoms with Crippen LogP contribution in [0.15, 0.2) is 17.1 Å². The molecule has 1 atom stereocenters. The lowest BCUT2D eigenvalue weighted by atomic mass is 9.94. The van der Waals surface area contributed by atoms with E-state index in [4.69, 9.17) is 0 Å². The summed E-state index contributed by atoms with van der Waals surface area (Å²) in [5, 5.41) is 19.1. The molecule has 0 radical (unpaired) electrons. The molecule has 1 heterocycles. The van der Waals surface area contributed by atoms with Crippen LogP contribution in [0.5, 0.6) is 5.75 Å². The first kappa shape index (κ1) is 17.5. The minimum Gasteiger partial charge on any atom is -0.503 e. The molecule has 6 heteroatoms. The molecule has 2 rings (SSSR count). The largest absolute Gasteiger partial charge is 0.503 e. The van der Waals surface area contributed by atoms with Crippen LogP contribution in [0.3, 0.4) is 0 Å². The van der Waals surface area contributed by atoms with Crippen molar-refractivity contribution < 1.29 is 15.0 Å². The number of rotatable bonds is 6. The number of aromatic hydroxyl groups is 1. The second kappa shape index (κ2) is 7.64. The van der Waals surface area contributed by atoms with Crippen molar-refractivity contribution in [1.82, 2.24) is 9.47 Å². The highest BCUT2D eigenvalue weighted by Crippen LogP contribution is 2.24. The molecule has 2 N–H and O–H groups in total. The lowest BCUT2D eigenvalue weighted by Crippen LogP contribution is -2.35. The summed E-state index contributed by atoms with van der Waals surface area (Å²) in [4.78, 5) is 25.5. The molecule has 1 unspecified atom stereocenters. The van der Waals surface area contributed by atoms with E-state index in [-0.39, 0.29) is 0 Å². The highest BCUT2D eigenvalue weighted by molar-refractivity contribution is 5.72. The molecule has 0 aliphatic heterocycles. The molecule has 1 saturated carbocycles. The van der Waals surface area contributed by atoms with Crippen molar-refractivity contribution in [1.29, 1.82) is 0 Å². The van der Waals surface area contributed by atoms with E-state index in [1.807, 2.05) is 7.05 Å². The predicted octanol–water partition coefficient (Wildman–Crippen LogP) is 2.35. The number of nitrogens with zero attached hydrogens (tertiary/aromatic N) is 2. The second-order valence-corrected chi connectivity index (χ2v) is 6.39. The van der Waals surface area contributed by atoms with Gasteiger partial charge in [0.25, 0.3) is 0 Å². The fourth-order valence-electron chi connectivity index (χ4n) is 3.39. The van der Waals surface area contributed by atoms with Gasteiger partial charge in [0.2, 0.25) is 5.43 Å². The van der Waals surface area contributed by atoms with Crippen LogP contribution >= 0.6 is 0 Å². The fraction of sp³-hybridized carbons (Fsp3) is 0.647. The minimum absolute atomic E-state index is 0.387. The number of carboxylic acids is 1. The van der Waals surface area contributed by atoms with Gasteiger partial charge in [-0.1, -0.05) is 26.2 Å². The first-order valence-corrected chi connectivity index (χ1v) is 8.31. The van der Waals surface area contributed by atoms with Gasteiger partial charge in [0, 0.05) is 24.3 Å². The van der Waals surface area contributed by atoms with Crippen molar-refractivity contribution in [3.63, 3.8) is 0 Å². The zero-order valence-corrected chi connectivity index (χ0v) is 13.9. The van der Waals surface area contributed by atoms with Crippen LogP contribution in [-0.2, 0) is 11.3 Å². The third-order valence-corrected chi connectivity index (χ3v) is 4.76. The molecule has 6 nitrogen and oxygen atoms in total. The van der Waals surface area contributed by atoms with Crippen LogP contribution in [0, 0.1) is 0 Å². The summed E-state index contributed by atoms with van der Waals surface area (Å²) in [6, 6.07) is 1.04. The Morgan fingerprint density at radius 1 is 1.39 bits per heavy atom. The number of carboxylic acid groups (broad SMARTS) is 1. The van der Waals surface area contributed by atoms with Gasteiger partial charge in [0.15, 0.2) is 5.75 Å². The Bertz CT molecular complexity index is 605. The van der Waals surface area contributed by atoms with Crippen molar-refractivity contribution in [2.75, 3.05) is 7.05 Å². The Morgan fingerprint density at radius 2 is 2.04 bits per heavy atom. The first-order chi connectivity index (χ1) is 10.9. The van der Waals surface area contributed by atoms with Crippen molar-refractivity contribution >= 4 is 5.97 Å². The van der Waals surface area contributed by atoms with Gasteiger partial charge in [0.05, 0.1) is 6.20 Å². The predicted molar refractivity (Wildman–Crippen MR) is 87.7 cm³/mol. The Balaban J connectivity index is 2.30. The maximum absolute atomic E-state index is 11.8. The zero-order chi connectivity index (χ0) is 17.0. The van der Waals surface area contributed by atoms with Crippen LogP contribution in [0.1, 0.15) is 57.2 Å². The van der Waals surface area contributed by atoms with E-state index in [9.17, 15) is 19.8 Å². The van der Waals surface area contributed by atoms with E-state index in [1.54, 1.807) is 6.92 Å². The van der Waals surface area contributed by atoms with E-state index in [0.29, 0.717) is 24.7 Å². The molecular weight excluding hydrogens is 296 g/mol. The third-order valence-electron chi connectivity index (χ3n) is 4.76. The molecule has 1 aliphatic carbocycles. The summed E-state index contributed by atoms with van der Waals surface area (Å²) < 4.78 is 1.53. The molecule has 1 aromatic rings. The van der Waals surface area contributed by atoms with Crippen LogP contribution in [0.2, 0.25) is 0 Å². The Labute approximate surface area is 136 Å². The van der Waals surface area contributed by atoms with Crippen molar-refractivity contribution in [2.24, 2.45) is 0 Å². The summed E-state index contributed by atoms with van der Waals surface area (Å²) in [7, 11) is 2.01. The van der Waals surface area contributed by atoms with Gasteiger partial charge in [-0.2, -0.15) is 0 Å². The van der Waals surface area contributed by atoms with Crippen LogP contribution < -0.4 is 5.43 Å². The summed E-state index contributed by atoms with van der Waals surface area (Å²) >= 11 is 0. The van der Waals surface area contributed by atoms with Crippen molar-refractivity contribution in [2.45, 2.75) is 64.1 Å². The molecular formula is C17H26N2O4. The van der Waals surface area contributed by atoms with Gasteiger partial charge < -0.3 is 14.8 Å². The van der Waals surface area contributed by atoms with Gasteiger partial charge in [-0.15, -0.1) is 0 Å². The Hall–Kier alpha value is -1.82. The van der Waals surface area contributed by atoms with Crippen LogP contribution in [0.4, 0.5) is 0 Å². The quantitative estimate of drug-likeness (QED) is 0.840. The number of hydrogen-bond acceptors (Lipinski definition) is 4. The molecule has 0 amide bonds. The summed E-state index contributed by atoms with van der Waals surface area (Å²) in [5.41, 5.74) is 0.170. The molecule has 0 spiro atoms. The molecule has 23 heavy (non-hydrogen) atoms. The highest BCUT2D eigenvalue weighted by atomic mass is 16.4. The SMILES string of the molecule is CCC(C(=O)O)n1cc(O)c(=O)cc1CN(C)C1CCCCC1. The normalized spacial score (nSPS) is 17.3. The lowest BCUT2D eigenvalue weighted by Gasteiger charge is -2.32. The Kier molecular flexibility index (Phi) is 5.82. The number of aromatic nitrogens is 1. The van der Waals surface area contributed by atoms with E-state index >= 15 is 0 Å². The molecule has 1 aromatic heterocycles. The van der Waals surface area contributed by atoms with Gasteiger partial charge in [-0.3, -0.25) is 9.69 Å². The first-order valence-electron chi connectivity index (χ1n) is 8.31. The molecule has 0 aromatic carbocycles. The average molecular weight is 322 g/mol. The maximum Gasteiger partial charge on any atom is 0.326 e.